The molecule has 1 aromatic rings. The molecule has 0 aliphatic heterocycles. The van der Waals surface area contributed by atoms with Crippen LogP contribution in [0.25, 0.3) is 0 Å². The fourth-order valence-corrected chi connectivity index (χ4v) is 0.943. The van der Waals surface area contributed by atoms with E-state index in [0.717, 1.165) is 6.42 Å². The smallest absolute Gasteiger partial charge is 0.373 e. The highest BCUT2D eigenvalue weighted by atomic mass is 16.4. The maximum atomic E-state index is 10.5. The van der Waals surface area contributed by atoms with Crippen LogP contribution in [0.3, 0.4) is 0 Å². The molecule has 0 aliphatic rings. The van der Waals surface area contributed by atoms with Crippen LogP contribution in [0.5, 0.6) is 0 Å². The second kappa shape index (κ2) is 3.25. The molecule has 12 heavy (non-hydrogen) atoms. The number of nitrogen functional groups attached to an aromatic ring is 1. The molecule has 0 spiro atoms. The van der Waals surface area contributed by atoms with Crippen molar-refractivity contribution in [2.75, 3.05) is 5.73 Å². The number of aromatic nitrogens is 1. The molecule has 0 radical (unpaired) electrons. The third kappa shape index (κ3) is 1.55. The van der Waals surface area contributed by atoms with Crippen LogP contribution in [0.4, 0.5) is 6.01 Å². The van der Waals surface area contributed by atoms with E-state index in [4.69, 9.17) is 15.3 Å². The topological polar surface area (TPSA) is 89.4 Å². The Labute approximate surface area is 69.2 Å². The molecule has 0 bridgehead atoms. The fraction of sp³-hybridized carbons (Fsp3) is 0.429. The van der Waals surface area contributed by atoms with Crippen molar-refractivity contribution in [2.45, 2.75) is 19.8 Å². The number of nitrogens with two attached hydrogens (primary N) is 1. The lowest BCUT2D eigenvalue weighted by Crippen LogP contribution is -1.99. The normalized spacial score (nSPS) is 10.1. The van der Waals surface area contributed by atoms with Gasteiger partial charge in [0.1, 0.15) is 0 Å². The minimum absolute atomic E-state index is 0.0872. The van der Waals surface area contributed by atoms with Crippen LogP contribution < -0.4 is 5.73 Å². The minimum atomic E-state index is -1.12. The van der Waals surface area contributed by atoms with Crippen molar-refractivity contribution < 1.29 is 14.3 Å². The molecule has 0 atom stereocenters. The summed E-state index contributed by atoms with van der Waals surface area (Å²) in [6.07, 6.45) is 1.38. The van der Waals surface area contributed by atoms with Gasteiger partial charge < -0.3 is 15.3 Å². The Morgan fingerprint density at radius 1 is 1.75 bits per heavy atom. The first-order valence-corrected chi connectivity index (χ1v) is 3.63. The van der Waals surface area contributed by atoms with E-state index >= 15 is 0 Å². The van der Waals surface area contributed by atoms with Gasteiger partial charge in [-0.2, -0.15) is 4.98 Å². The van der Waals surface area contributed by atoms with Crippen LogP contribution in [0.15, 0.2) is 4.42 Å². The molecular weight excluding hydrogens is 160 g/mol. The third-order valence-corrected chi connectivity index (χ3v) is 1.39. The number of aromatic carboxylic acids is 1. The summed E-state index contributed by atoms with van der Waals surface area (Å²) in [6, 6.07) is -0.0872. The molecule has 0 saturated heterocycles. The molecule has 3 N–H and O–H groups in total. The van der Waals surface area contributed by atoms with Crippen LogP contribution in [-0.2, 0) is 6.42 Å². The van der Waals surface area contributed by atoms with Gasteiger partial charge in [-0.3, -0.25) is 0 Å². The number of aryl methyl sites for hydroxylation is 1. The largest absolute Gasteiger partial charge is 0.475 e. The fourth-order valence-electron chi connectivity index (χ4n) is 0.943. The zero-order valence-corrected chi connectivity index (χ0v) is 6.70. The minimum Gasteiger partial charge on any atom is -0.475 e. The van der Waals surface area contributed by atoms with E-state index in [0.29, 0.717) is 12.1 Å². The highest BCUT2D eigenvalue weighted by Crippen LogP contribution is 2.13. The molecule has 0 aromatic carbocycles. The molecule has 0 aliphatic carbocycles. The zero-order chi connectivity index (χ0) is 9.14. The Hall–Kier alpha value is -1.52. The van der Waals surface area contributed by atoms with E-state index in [1.807, 2.05) is 6.92 Å². The van der Waals surface area contributed by atoms with E-state index in [-0.39, 0.29) is 11.8 Å². The highest BCUT2D eigenvalue weighted by Gasteiger charge is 2.16. The molecule has 1 heterocycles. The molecular formula is C7H10N2O3. The summed E-state index contributed by atoms with van der Waals surface area (Å²) in [5, 5.41) is 8.62. The van der Waals surface area contributed by atoms with Crippen LogP contribution in [0, 0.1) is 0 Å². The van der Waals surface area contributed by atoms with Gasteiger partial charge in [-0.25, -0.2) is 4.79 Å². The number of carboxylic acids is 1. The Kier molecular flexibility index (Phi) is 2.32. The SMILES string of the molecule is CCCc1nc(N)oc1C(=O)O. The van der Waals surface area contributed by atoms with Crippen molar-refractivity contribution in [2.24, 2.45) is 0 Å². The Balaban J connectivity index is 2.99. The quantitative estimate of drug-likeness (QED) is 0.703. The third-order valence-electron chi connectivity index (χ3n) is 1.39. The van der Waals surface area contributed by atoms with E-state index in [9.17, 15) is 4.79 Å². The summed E-state index contributed by atoms with van der Waals surface area (Å²) in [5.41, 5.74) is 5.63. The van der Waals surface area contributed by atoms with Crippen LogP contribution in [0.1, 0.15) is 29.6 Å². The van der Waals surface area contributed by atoms with Crippen molar-refractivity contribution in [1.29, 1.82) is 0 Å². The first-order valence-electron chi connectivity index (χ1n) is 3.63. The highest BCUT2D eigenvalue weighted by molar-refractivity contribution is 5.85. The molecule has 1 aromatic heterocycles. The predicted octanol–water partition coefficient (Wildman–Crippen LogP) is 0.907. The van der Waals surface area contributed by atoms with E-state index < -0.39 is 5.97 Å². The number of oxazole rings is 1. The lowest BCUT2D eigenvalue weighted by atomic mass is 10.2. The lowest BCUT2D eigenvalue weighted by molar-refractivity contribution is 0.0662. The van der Waals surface area contributed by atoms with Crippen molar-refractivity contribution in [3.8, 4) is 0 Å². The van der Waals surface area contributed by atoms with Crippen molar-refractivity contribution in [3.05, 3.63) is 11.5 Å². The Bertz CT molecular complexity index is 293. The van der Waals surface area contributed by atoms with Gasteiger partial charge in [0.15, 0.2) is 0 Å². The van der Waals surface area contributed by atoms with E-state index in [1.165, 1.54) is 0 Å². The predicted molar refractivity (Wildman–Crippen MR) is 41.9 cm³/mol. The van der Waals surface area contributed by atoms with Gasteiger partial charge >= 0.3 is 5.97 Å². The second-order valence-corrected chi connectivity index (χ2v) is 2.38. The average molecular weight is 170 g/mol. The number of anilines is 1. The van der Waals surface area contributed by atoms with E-state index in [2.05, 4.69) is 4.98 Å². The van der Waals surface area contributed by atoms with Crippen LogP contribution in [-0.4, -0.2) is 16.1 Å². The summed E-state index contributed by atoms with van der Waals surface area (Å²) in [5.74, 6) is -1.27. The molecule has 5 nitrogen and oxygen atoms in total. The van der Waals surface area contributed by atoms with Gasteiger partial charge in [-0.05, 0) is 6.42 Å². The molecule has 0 amide bonds. The molecule has 0 fully saturated rings. The molecule has 1 rings (SSSR count). The Morgan fingerprint density at radius 2 is 2.42 bits per heavy atom. The maximum absolute atomic E-state index is 10.5. The summed E-state index contributed by atoms with van der Waals surface area (Å²) in [7, 11) is 0. The summed E-state index contributed by atoms with van der Waals surface area (Å²) in [4.78, 5) is 14.3. The number of carboxylic acid groups (broad SMARTS) is 1. The number of rotatable bonds is 3. The van der Waals surface area contributed by atoms with E-state index in [1.54, 1.807) is 0 Å². The van der Waals surface area contributed by atoms with Gasteiger partial charge in [0, 0.05) is 0 Å². The van der Waals surface area contributed by atoms with Gasteiger partial charge in [-0.15, -0.1) is 0 Å². The number of carbonyl (C=O) groups is 1. The summed E-state index contributed by atoms with van der Waals surface area (Å²) < 4.78 is 4.70. The van der Waals surface area contributed by atoms with Crippen LogP contribution in [0.2, 0.25) is 0 Å². The number of nitrogens with zero attached hydrogens (tertiary/aromatic N) is 1. The van der Waals surface area contributed by atoms with Gasteiger partial charge in [-0.1, -0.05) is 13.3 Å². The van der Waals surface area contributed by atoms with Gasteiger partial charge in [0.25, 0.3) is 6.01 Å². The second-order valence-electron chi connectivity index (χ2n) is 2.38. The Morgan fingerprint density at radius 3 is 2.92 bits per heavy atom. The standard InChI is InChI=1S/C7H10N2O3/c1-2-3-4-5(6(10)11)12-7(8)9-4/h2-3H2,1H3,(H2,8,9)(H,10,11). The number of hydrogen-bond acceptors (Lipinski definition) is 4. The zero-order valence-electron chi connectivity index (χ0n) is 6.70. The van der Waals surface area contributed by atoms with Crippen molar-refractivity contribution in [3.63, 3.8) is 0 Å². The lowest BCUT2D eigenvalue weighted by Gasteiger charge is -1.90. The van der Waals surface area contributed by atoms with Crippen LogP contribution >= 0.6 is 0 Å². The summed E-state index contributed by atoms with van der Waals surface area (Å²) >= 11 is 0. The average Bonchev–Trinajstić information content (AvgIpc) is 2.32. The van der Waals surface area contributed by atoms with Crippen molar-refractivity contribution in [1.82, 2.24) is 4.98 Å². The maximum Gasteiger partial charge on any atom is 0.373 e. The summed E-state index contributed by atoms with van der Waals surface area (Å²) in [6.45, 7) is 1.93. The number of hydrogen-bond donors (Lipinski definition) is 2. The first-order chi connectivity index (χ1) is 5.65. The van der Waals surface area contributed by atoms with Crippen molar-refractivity contribution >= 4 is 12.0 Å². The molecule has 0 unspecified atom stereocenters. The van der Waals surface area contributed by atoms with Gasteiger partial charge in [0.2, 0.25) is 5.76 Å². The molecule has 5 heteroatoms. The molecule has 66 valence electrons. The van der Waals surface area contributed by atoms with Gasteiger partial charge in [0.05, 0.1) is 5.69 Å². The molecule has 0 saturated carbocycles. The monoisotopic (exact) mass is 170 g/mol. The first kappa shape index (κ1) is 8.58.